The molecule has 1 aliphatic heterocycles. The number of barbiturate groups is 1. The average molecular weight is 347 g/mol. The molecule has 0 bridgehead atoms. The zero-order chi connectivity index (χ0) is 17.3. The van der Waals surface area contributed by atoms with E-state index in [4.69, 9.17) is 20.8 Å². The van der Waals surface area contributed by atoms with Crippen molar-refractivity contribution in [2.45, 2.75) is 0 Å². The van der Waals surface area contributed by atoms with Gasteiger partial charge in [-0.05, 0) is 36.4 Å². The summed E-state index contributed by atoms with van der Waals surface area (Å²) in [6.07, 6.45) is 1.26. The second-order valence-electron chi connectivity index (χ2n) is 4.85. The van der Waals surface area contributed by atoms with Crippen LogP contribution >= 0.6 is 11.6 Å². The maximum atomic E-state index is 11.7. The Hall–Kier alpha value is -3.06. The van der Waals surface area contributed by atoms with Gasteiger partial charge >= 0.3 is 6.03 Å². The highest BCUT2D eigenvalue weighted by molar-refractivity contribution is 6.32. The minimum atomic E-state index is -0.852. The van der Waals surface area contributed by atoms with Gasteiger partial charge < -0.3 is 9.15 Å². The van der Waals surface area contributed by atoms with Gasteiger partial charge in [0.25, 0.3) is 11.8 Å². The van der Waals surface area contributed by atoms with Gasteiger partial charge in [0.2, 0.25) is 0 Å². The summed E-state index contributed by atoms with van der Waals surface area (Å²) in [4.78, 5) is 34.4. The average Bonchev–Trinajstić information content (AvgIpc) is 2.99. The number of carbonyl (C=O) groups excluding carboxylic acids is 3. The lowest BCUT2D eigenvalue weighted by Gasteiger charge is -2.13. The third-order valence-electron chi connectivity index (χ3n) is 3.29. The summed E-state index contributed by atoms with van der Waals surface area (Å²) >= 11 is 6.08. The first-order valence-electron chi connectivity index (χ1n) is 6.80. The predicted octanol–water partition coefficient (Wildman–Crippen LogP) is 2.36. The zero-order valence-corrected chi connectivity index (χ0v) is 13.1. The number of imide groups is 2. The van der Waals surface area contributed by atoms with Crippen LogP contribution in [0.5, 0.6) is 5.75 Å². The molecule has 0 saturated carbocycles. The molecule has 0 radical (unpaired) electrons. The number of urea groups is 1. The summed E-state index contributed by atoms with van der Waals surface area (Å²) in [5.41, 5.74) is 0.487. The largest absolute Gasteiger partial charge is 0.495 e. The van der Waals surface area contributed by atoms with Crippen molar-refractivity contribution in [2.24, 2.45) is 0 Å². The van der Waals surface area contributed by atoms with Crippen LogP contribution in [0.4, 0.5) is 4.79 Å². The van der Waals surface area contributed by atoms with Crippen LogP contribution in [-0.4, -0.2) is 25.0 Å². The Bertz CT molecular complexity index is 862. The summed E-state index contributed by atoms with van der Waals surface area (Å²) in [7, 11) is 1.52. The summed E-state index contributed by atoms with van der Waals surface area (Å²) < 4.78 is 10.7. The second kappa shape index (κ2) is 6.21. The van der Waals surface area contributed by atoms with E-state index in [1.165, 1.54) is 13.2 Å². The van der Waals surface area contributed by atoms with Crippen LogP contribution in [-0.2, 0) is 9.59 Å². The second-order valence-corrected chi connectivity index (χ2v) is 5.25. The molecule has 8 heteroatoms. The van der Waals surface area contributed by atoms with Crippen molar-refractivity contribution in [2.75, 3.05) is 7.11 Å². The topological polar surface area (TPSA) is 97.6 Å². The Balaban J connectivity index is 1.89. The number of halogens is 1. The summed E-state index contributed by atoms with van der Waals surface area (Å²) in [5, 5.41) is 4.40. The van der Waals surface area contributed by atoms with E-state index in [1.54, 1.807) is 30.3 Å². The molecule has 0 aliphatic carbocycles. The molecule has 0 unspecified atom stereocenters. The maximum Gasteiger partial charge on any atom is 0.328 e. The highest BCUT2D eigenvalue weighted by Crippen LogP contribution is 2.31. The number of methoxy groups -OCH3 is 1. The molecule has 24 heavy (non-hydrogen) atoms. The highest BCUT2D eigenvalue weighted by Gasteiger charge is 2.28. The third-order valence-corrected chi connectivity index (χ3v) is 3.59. The minimum absolute atomic E-state index is 0.219. The standard InChI is InChI=1S/C16H11ClN2O5/c1-23-13-4-2-8(6-11(13)17)12-5-3-9(24-12)7-10-14(20)18-16(22)19-15(10)21/h2-7H,1H3,(H2,18,19,20,21,22). The number of hydrogen-bond donors (Lipinski definition) is 2. The van der Waals surface area contributed by atoms with Crippen LogP contribution in [0.3, 0.4) is 0 Å². The van der Waals surface area contributed by atoms with E-state index in [9.17, 15) is 14.4 Å². The van der Waals surface area contributed by atoms with E-state index < -0.39 is 17.8 Å². The van der Waals surface area contributed by atoms with E-state index >= 15 is 0 Å². The number of amides is 4. The van der Waals surface area contributed by atoms with E-state index in [0.29, 0.717) is 22.1 Å². The Morgan fingerprint density at radius 3 is 2.42 bits per heavy atom. The first-order chi connectivity index (χ1) is 11.5. The molecule has 3 rings (SSSR count). The fourth-order valence-corrected chi connectivity index (χ4v) is 2.41. The van der Waals surface area contributed by atoms with Crippen molar-refractivity contribution in [3.8, 4) is 17.1 Å². The minimum Gasteiger partial charge on any atom is -0.495 e. The van der Waals surface area contributed by atoms with Gasteiger partial charge in [0.05, 0.1) is 12.1 Å². The molecule has 1 aliphatic rings. The van der Waals surface area contributed by atoms with Crippen molar-refractivity contribution in [1.29, 1.82) is 0 Å². The molecular weight excluding hydrogens is 336 g/mol. The molecule has 2 aromatic rings. The normalized spacial score (nSPS) is 14.2. The summed E-state index contributed by atoms with van der Waals surface area (Å²) in [6, 6.07) is 7.56. The van der Waals surface area contributed by atoms with Gasteiger partial charge in [-0.15, -0.1) is 0 Å². The van der Waals surface area contributed by atoms with Crippen LogP contribution < -0.4 is 15.4 Å². The molecule has 1 aromatic carbocycles. The first-order valence-corrected chi connectivity index (χ1v) is 7.18. The van der Waals surface area contributed by atoms with Crippen LogP contribution in [0, 0.1) is 0 Å². The Kier molecular flexibility index (Phi) is 4.09. The fourth-order valence-electron chi connectivity index (χ4n) is 2.15. The smallest absolute Gasteiger partial charge is 0.328 e. The molecule has 1 aromatic heterocycles. The van der Waals surface area contributed by atoms with E-state index in [-0.39, 0.29) is 11.3 Å². The molecule has 0 spiro atoms. The first kappa shape index (κ1) is 15.8. The Labute approximate surface area is 141 Å². The number of ether oxygens (including phenoxy) is 1. The van der Waals surface area contributed by atoms with Gasteiger partial charge in [0.15, 0.2) is 0 Å². The van der Waals surface area contributed by atoms with Crippen molar-refractivity contribution >= 4 is 35.5 Å². The van der Waals surface area contributed by atoms with Crippen LogP contribution in [0.15, 0.2) is 40.3 Å². The van der Waals surface area contributed by atoms with Gasteiger partial charge in [-0.1, -0.05) is 11.6 Å². The van der Waals surface area contributed by atoms with Gasteiger partial charge in [0, 0.05) is 5.56 Å². The van der Waals surface area contributed by atoms with Gasteiger partial charge in [-0.3, -0.25) is 20.2 Å². The lowest BCUT2D eigenvalue weighted by Crippen LogP contribution is -2.51. The number of hydrogen-bond acceptors (Lipinski definition) is 5. The molecule has 0 atom stereocenters. The molecule has 7 nitrogen and oxygen atoms in total. The van der Waals surface area contributed by atoms with E-state index in [2.05, 4.69) is 0 Å². The maximum absolute atomic E-state index is 11.7. The van der Waals surface area contributed by atoms with Crippen LogP contribution in [0.25, 0.3) is 17.4 Å². The molecular formula is C16H11ClN2O5. The highest BCUT2D eigenvalue weighted by atomic mass is 35.5. The Morgan fingerprint density at radius 2 is 1.79 bits per heavy atom. The fraction of sp³-hybridized carbons (Fsp3) is 0.0625. The van der Waals surface area contributed by atoms with Crippen LogP contribution in [0.2, 0.25) is 5.02 Å². The molecule has 2 heterocycles. The zero-order valence-electron chi connectivity index (χ0n) is 12.4. The molecule has 1 fully saturated rings. The molecule has 122 valence electrons. The van der Waals surface area contributed by atoms with Crippen molar-refractivity contribution in [1.82, 2.24) is 10.6 Å². The van der Waals surface area contributed by atoms with Gasteiger partial charge in [-0.2, -0.15) is 0 Å². The molecule has 2 N–H and O–H groups in total. The van der Waals surface area contributed by atoms with Crippen molar-refractivity contribution in [3.05, 3.63) is 46.7 Å². The molecule has 1 saturated heterocycles. The number of rotatable bonds is 3. The SMILES string of the molecule is COc1ccc(-c2ccc(C=C3C(=O)NC(=O)NC3=O)o2)cc1Cl. The lowest BCUT2D eigenvalue weighted by atomic mass is 10.1. The predicted molar refractivity (Wildman–Crippen MR) is 85.4 cm³/mol. The van der Waals surface area contributed by atoms with Crippen molar-refractivity contribution in [3.63, 3.8) is 0 Å². The van der Waals surface area contributed by atoms with Gasteiger partial charge in [0.1, 0.15) is 22.8 Å². The van der Waals surface area contributed by atoms with Crippen molar-refractivity contribution < 1.29 is 23.5 Å². The quantitative estimate of drug-likeness (QED) is 0.656. The van der Waals surface area contributed by atoms with Crippen LogP contribution in [0.1, 0.15) is 5.76 Å². The molecule has 4 amide bonds. The number of furan rings is 1. The lowest BCUT2D eigenvalue weighted by molar-refractivity contribution is -0.123. The third kappa shape index (κ3) is 3.02. The summed E-state index contributed by atoms with van der Waals surface area (Å²) in [5.74, 6) is -0.247. The number of benzene rings is 1. The van der Waals surface area contributed by atoms with E-state index in [1.807, 2.05) is 10.6 Å². The number of carbonyl (C=O) groups is 3. The van der Waals surface area contributed by atoms with Gasteiger partial charge in [-0.25, -0.2) is 4.79 Å². The van der Waals surface area contributed by atoms with E-state index in [0.717, 1.165) is 0 Å². The summed E-state index contributed by atoms with van der Waals surface area (Å²) in [6.45, 7) is 0. The number of nitrogens with one attached hydrogen (secondary N) is 2. The Morgan fingerprint density at radius 1 is 1.08 bits per heavy atom. The monoisotopic (exact) mass is 346 g/mol.